The van der Waals surface area contributed by atoms with Crippen molar-refractivity contribution in [1.29, 1.82) is 0 Å². The molecule has 2 amide bonds. The largest absolute Gasteiger partial charge is 0.492 e. The molecule has 0 aromatic heterocycles. The molecule has 0 unspecified atom stereocenters. The van der Waals surface area contributed by atoms with Crippen LogP contribution in [0, 0.1) is 5.82 Å². The number of carbonyl (C=O) groups excluding carboxylic acids is 2. The first-order valence-corrected chi connectivity index (χ1v) is 11.3. The number of halogens is 2. The molecule has 1 atom stereocenters. The Morgan fingerprint density at radius 3 is 2.61 bits per heavy atom. The van der Waals surface area contributed by atoms with Crippen LogP contribution in [0.2, 0.25) is 5.02 Å². The third-order valence-corrected chi connectivity index (χ3v) is 5.73. The van der Waals surface area contributed by atoms with Crippen molar-refractivity contribution in [2.75, 3.05) is 31.6 Å². The van der Waals surface area contributed by atoms with Gasteiger partial charge >= 0.3 is 0 Å². The van der Waals surface area contributed by atoms with Gasteiger partial charge in [0.15, 0.2) is 0 Å². The van der Waals surface area contributed by atoms with Gasteiger partial charge in [-0.15, -0.1) is 0 Å². The minimum absolute atomic E-state index is 0.0235. The van der Waals surface area contributed by atoms with Crippen molar-refractivity contribution in [3.05, 3.63) is 64.4 Å². The van der Waals surface area contributed by atoms with Crippen LogP contribution in [-0.2, 0) is 16.1 Å². The van der Waals surface area contributed by atoms with E-state index in [9.17, 15) is 14.0 Å². The Balaban J connectivity index is 1.68. The van der Waals surface area contributed by atoms with E-state index in [1.54, 1.807) is 30.3 Å². The fourth-order valence-corrected chi connectivity index (χ4v) is 4.10. The molecule has 2 aromatic carbocycles. The second kappa shape index (κ2) is 11.3. The van der Waals surface area contributed by atoms with Crippen LogP contribution in [-0.4, -0.2) is 53.9 Å². The molecule has 0 spiro atoms. The predicted molar refractivity (Wildman–Crippen MR) is 129 cm³/mol. The van der Waals surface area contributed by atoms with Gasteiger partial charge in [-0.25, -0.2) is 4.39 Å². The Bertz CT molecular complexity index is 1030. The molecule has 1 aliphatic rings. The van der Waals surface area contributed by atoms with Gasteiger partial charge in [0.25, 0.3) is 0 Å². The topological polar surface area (TPSA) is 61.9 Å². The maximum Gasteiger partial charge on any atom is 0.246 e. The van der Waals surface area contributed by atoms with E-state index in [0.717, 1.165) is 18.7 Å². The smallest absolute Gasteiger partial charge is 0.246 e. The number of carbonyl (C=O) groups is 2. The molecule has 8 heteroatoms. The number of nitrogens with zero attached hydrogens (tertiary/aromatic N) is 2. The van der Waals surface area contributed by atoms with Gasteiger partial charge < -0.3 is 15.0 Å². The summed E-state index contributed by atoms with van der Waals surface area (Å²) < 4.78 is 18.7. The molecular formula is C25H29ClFN3O3. The molecule has 1 fully saturated rings. The highest BCUT2D eigenvalue weighted by Crippen LogP contribution is 2.32. The van der Waals surface area contributed by atoms with E-state index < -0.39 is 0 Å². The number of piperazine rings is 1. The molecule has 176 valence electrons. The molecule has 1 N–H and O–H groups in total. The van der Waals surface area contributed by atoms with Gasteiger partial charge in [0.05, 0.1) is 11.6 Å². The number of anilines is 1. The maximum absolute atomic E-state index is 13.1. The molecule has 0 bridgehead atoms. The molecule has 3 rings (SSSR count). The second-order valence-electron chi connectivity index (χ2n) is 8.06. The number of hydrogen-bond donors (Lipinski definition) is 1. The molecular weight excluding hydrogens is 445 g/mol. The minimum Gasteiger partial charge on any atom is -0.492 e. The van der Waals surface area contributed by atoms with E-state index in [1.165, 1.54) is 25.1 Å². The van der Waals surface area contributed by atoms with Crippen molar-refractivity contribution in [3.8, 4) is 5.75 Å². The summed E-state index contributed by atoms with van der Waals surface area (Å²) in [6.45, 7) is 8.49. The molecule has 6 nitrogen and oxygen atoms in total. The van der Waals surface area contributed by atoms with Gasteiger partial charge in [-0.3, -0.25) is 14.5 Å². The summed E-state index contributed by atoms with van der Waals surface area (Å²) in [7, 11) is 0. The van der Waals surface area contributed by atoms with Gasteiger partial charge in [-0.1, -0.05) is 23.7 Å². The highest BCUT2D eigenvalue weighted by molar-refractivity contribution is 6.32. The van der Waals surface area contributed by atoms with Gasteiger partial charge in [0.1, 0.15) is 11.6 Å². The summed E-state index contributed by atoms with van der Waals surface area (Å²) in [5.74, 6) is -0.0964. The van der Waals surface area contributed by atoms with Crippen LogP contribution in [0.4, 0.5) is 10.1 Å². The van der Waals surface area contributed by atoms with Crippen molar-refractivity contribution in [2.24, 2.45) is 0 Å². The van der Waals surface area contributed by atoms with Crippen molar-refractivity contribution in [1.82, 2.24) is 9.80 Å². The molecule has 0 aliphatic carbocycles. The Hall–Kier alpha value is -2.90. The highest BCUT2D eigenvalue weighted by atomic mass is 35.5. The number of benzene rings is 2. The monoisotopic (exact) mass is 473 g/mol. The van der Waals surface area contributed by atoms with Crippen molar-refractivity contribution in [3.63, 3.8) is 0 Å². The fraction of sp³-hybridized carbons (Fsp3) is 0.360. The Labute approximate surface area is 199 Å². The van der Waals surface area contributed by atoms with Gasteiger partial charge in [0.2, 0.25) is 11.8 Å². The molecule has 33 heavy (non-hydrogen) atoms. The van der Waals surface area contributed by atoms with Crippen molar-refractivity contribution < 1.29 is 18.7 Å². The van der Waals surface area contributed by atoms with E-state index >= 15 is 0 Å². The number of rotatable bonds is 7. The number of nitrogens with one attached hydrogen (secondary N) is 1. The highest BCUT2D eigenvalue weighted by Gasteiger charge is 2.26. The first kappa shape index (κ1) is 24.7. The summed E-state index contributed by atoms with van der Waals surface area (Å²) in [5.41, 5.74) is 2.19. The van der Waals surface area contributed by atoms with Crippen LogP contribution < -0.4 is 10.1 Å². The first-order chi connectivity index (χ1) is 15.8. The van der Waals surface area contributed by atoms with Crippen LogP contribution in [0.3, 0.4) is 0 Å². The van der Waals surface area contributed by atoms with E-state index in [1.807, 2.05) is 18.7 Å². The summed E-state index contributed by atoms with van der Waals surface area (Å²) in [5, 5.41) is 3.13. The molecule has 1 aliphatic heterocycles. The van der Waals surface area contributed by atoms with E-state index in [4.69, 9.17) is 16.3 Å². The SMILES string of the molecule is CCOc1cc(/C=C/C(=O)N2CCN(Cc3ccc(F)cc3)C[C@H]2C)c(NC(C)=O)cc1Cl. The lowest BCUT2D eigenvalue weighted by Crippen LogP contribution is -2.53. The fourth-order valence-electron chi connectivity index (χ4n) is 3.88. The molecule has 1 saturated heterocycles. The lowest BCUT2D eigenvalue weighted by molar-refractivity contribution is -0.130. The zero-order chi connectivity index (χ0) is 24.0. The summed E-state index contributed by atoms with van der Waals surface area (Å²) >= 11 is 6.25. The van der Waals surface area contributed by atoms with Crippen molar-refractivity contribution in [2.45, 2.75) is 33.4 Å². The third-order valence-electron chi connectivity index (χ3n) is 5.43. The zero-order valence-corrected chi connectivity index (χ0v) is 19.9. The van der Waals surface area contributed by atoms with Crippen LogP contribution >= 0.6 is 11.6 Å². The van der Waals surface area contributed by atoms with Crippen LogP contribution in [0.25, 0.3) is 6.08 Å². The summed E-state index contributed by atoms with van der Waals surface area (Å²) in [6, 6.07) is 9.86. The van der Waals surface area contributed by atoms with Crippen LogP contribution in [0.1, 0.15) is 31.9 Å². The normalized spacial score (nSPS) is 16.8. The molecule has 0 radical (unpaired) electrons. The minimum atomic E-state index is -0.245. The lowest BCUT2D eigenvalue weighted by Gasteiger charge is -2.39. The number of ether oxygens (including phenoxy) is 1. The van der Waals surface area contributed by atoms with Gasteiger partial charge in [-0.2, -0.15) is 0 Å². The average Bonchev–Trinajstić information content (AvgIpc) is 2.76. The van der Waals surface area contributed by atoms with Gasteiger partial charge in [-0.05, 0) is 49.8 Å². The Morgan fingerprint density at radius 2 is 1.97 bits per heavy atom. The Kier molecular flexibility index (Phi) is 8.47. The lowest BCUT2D eigenvalue weighted by atomic mass is 10.1. The van der Waals surface area contributed by atoms with E-state index in [0.29, 0.717) is 41.7 Å². The molecule has 1 heterocycles. The standard InChI is InChI=1S/C25H29ClFN3O3/c1-4-33-24-13-20(23(14-22(24)26)28-18(3)31)7-10-25(32)30-12-11-29(15-17(30)2)16-19-5-8-21(27)9-6-19/h5-10,13-14,17H,4,11-12,15-16H2,1-3H3,(H,28,31)/b10-7+/t17-/m1/s1. The van der Waals surface area contributed by atoms with Gasteiger partial charge in [0, 0.05) is 56.5 Å². The summed E-state index contributed by atoms with van der Waals surface area (Å²) in [4.78, 5) is 28.6. The predicted octanol–water partition coefficient (Wildman–Crippen LogP) is 4.58. The second-order valence-corrected chi connectivity index (χ2v) is 8.47. The molecule has 2 aromatic rings. The quantitative estimate of drug-likeness (QED) is 0.598. The zero-order valence-electron chi connectivity index (χ0n) is 19.1. The first-order valence-electron chi connectivity index (χ1n) is 11.0. The molecule has 0 saturated carbocycles. The van der Waals surface area contributed by atoms with Crippen molar-refractivity contribution >= 4 is 35.2 Å². The van der Waals surface area contributed by atoms with Crippen LogP contribution in [0.15, 0.2) is 42.5 Å². The maximum atomic E-state index is 13.1. The van der Waals surface area contributed by atoms with Crippen LogP contribution in [0.5, 0.6) is 5.75 Å². The number of amides is 2. The third kappa shape index (κ3) is 6.79. The summed E-state index contributed by atoms with van der Waals surface area (Å²) in [6.07, 6.45) is 3.18. The Morgan fingerprint density at radius 1 is 1.24 bits per heavy atom. The number of hydrogen-bond acceptors (Lipinski definition) is 4. The van der Waals surface area contributed by atoms with E-state index in [2.05, 4.69) is 10.2 Å². The van der Waals surface area contributed by atoms with E-state index in [-0.39, 0.29) is 23.7 Å². The average molecular weight is 474 g/mol.